The minimum absolute atomic E-state index is 0.249. The number of nitrogens with one attached hydrogen (secondary N) is 1. The van der Waals surface area contributed by atoms with E-state index < -0.39 is 0 Å². The van der Waals surface area contributed by atoms with Crippen LogP contribution in [0.2, 0.25) is 0 Å². The molecule has 1 N–H and O–H groups in total. The fraction of sp³-hybridized carbons (Fsp3) is 0.588. The zero-order valence-electron chi connectivity index (χ0n) is 12.2. The molecule has 1 aromatic carbocycles. The molecule has 0 bridgehead atoms. The van der Waals surface area contributed by atoms with Gasteiger partial charge in [0.25, 0.3) is 0 Å². The molecule has 3 heteroatoms. The molecule has 2 fully saturated rings. The van der Waals surface area contributed by atoms with Gasteiger partial charge in [-0.1, -0.05) is 30.3 Å². The first kappa shape index (κ1) is 13.6. The van der Waals surface area contributed by atoms with Crippen molar-refractivity contribution in [3.63, 3.8) is 0 Å². The quantitative estimate of drug-likeness (QED) is 0.861. The molecule has 2 saturated carbocycles. The first-order valence-electron chi connectivity index (χ1n) is 7.64. The first-order chi connectivity index (χ1) is 9.73. The normalized spacial score (nSPS) is 28.9. The van der Waals surface area contributed by atoms with E-state index in [1.54, 1.807) is 0 Å². The van der Waals surface area contributed by atoms with Crippen molar-refractivity contribution in [2.24, 2.45) is 0 Å². The Labute approximate surface area is 121 Å². The average molecular weight is 269 g/mol. The summed E-state index contributed by atoms with van der Waals surface area (Å²) in [7, 11) is 2.21. The molecule has 1 aromatic rings. The molecule has 3 nitrogen and oxygen atoms in total. The lowest BCUT2D eigenvalue weighted by atomic mass is 9.62. The SMILES string of the molecule is CN(CCNC1CC(C#N)(c2ccccc2)C1)C1CC1. The summed E-state index contributed by atoms with van der Waals surface area (Å²) in [5.74, 6) is 0. The van der Waals surface area contributed by atoms with Crippen molar-refractivity contribution in [3.05, 3.63) is 35.9 Å². The van der Waals surface area contributed by atoms with E-state index in [2.05, 4.69) is 35.5 Å². The number of hydrogen-bond donors (Lipinski definition) is 1. The maximum absolute atomic E-state index is 9.52. The second kappa shape index (κ2) is 5.55. The van der Waals surface area contributed by atoms with Crippen LogP contribution in [-0.4, -0.2) is 37.1 Å². The van der Waals surface area contributed by atoms with E-state index in [4.69, 9.17) is 0 Å². The predicted octanol–water partition coefficient (Wildman–Crippen LogP) is 2.29. The molecule has 0 aromatic heterocycles. The van der Waals surface area contributed by atoms with Gasteiger partial charge in [-0.2, -0.15) is 5.26 Å². The fourth-order valence-electron chi connectivity index (χ4n) is 3.22. The Morgan fingerprint density at radius 1 is 1.30 bits per heavy atom. The summed E-state index contributed by atoms with van der Waals surface area (Å²) in [6.45, 7) is 2.15. The van der Waals surface area contributed by atoms with E-state index in [0.29, 0.717) is 6.04 Å². The summed E-state index contributed by atoms with van der Waals surface area (Å²) in [5.41, 5.74) is 0.928. The molecule has 0 spiro atoms. The van der Waals surface area contributed by atoms with Crippen LogP contribution < -0.4 is 5.32 Å². The van der Waals surface area contributed by atoms with Crippen LogP contribution >= 0.6 is 0 Å². The molecule has 2 aliphatic rings. The summed E-state index contributed by atoms with van der Waals surface area (Å²) < 4.78 is 0. The number of rotatable bonds is 6. The highest BCUT2D eigenvalue weighted by molar-refractivity contribution is 5.36. The molecule has 0 radical (unpaired) electrons. The standard InChI is InChI=1S/C17H23N3/c1-20(16-7-8-16)10-9-19-15-11-17(12-15,13-18)14-5-3-2-4-6-14/h2-6,15-16,19H,7-12H2,1H3. The lowest BCUT2D eigenvalue weighted by Crippen LogP contribution is -2.52. The molecule has 20 heavy (non-hydrogen) atoms. The van der Waals surface area contributed by atoms with E-state index >= 15 is 0 Å². The fourth-order valence-corrected chi connectivity index (χ4v) is 3.22. The van der Waals surface area contributed by atoms with Crippen molar-refractivity contribution in [3.8, 4) is 6.07 Å². The van der Waals surface area contributed by atoms with E-state index in [0.717, 1.165) is 32.0 Å². The molecule has 0 aliphatic heterocycles. The van der Waals surface area contributed by atoms with Crippen molar-refractivity contribution in [1.82, 2.24) is 10.2 Å². The van der Waals surface area contributed by atoms with E-state index in [1.165, 1.54) is 18.4 Å². The second-order valence-electron chi connectivity index (χ2n) is 6.33. The molecular weight excluding hydrogens is 246 g/mol. The van der Waals surface area contributed by atoms with E-state index in [9.17, 15) is 5.26 Å². The van der Waals surface area contributed by atoms with Gasteiger partial charge in [-0.25, -0.2) is 0 Å². The van der Waals surface area contributed by atoms with Gasteiger partial charge in [-0.3, -0.25) is 0 Å². The highest BCUT2D eigenvalue weighted by atomic mass is 15.2. The zero-order valence-corrected chi connectivity index (χ0v) is 12.2. The van der Waals surface area contributed by atoms with Gasteiger partial charge in [0.05, 0.1) is 11.5 Å². The molecule has 0 amide bonds. The summed E-state index contributed by atoms with van der Waals surface area (Å²) in [5, 5.41) is 13.1. The Bertz CT molecular complexity index is 481. The van der Waals surface area contributed by atoms with Gasteiger partial charge in [0.15, 0.2) is 0 Å². The van der Waals surface area contributed by atoms with Crippen LogP contribution in [0.15, 0.2) is 30.3 Å². The molecule has 0 saturated heterocycles. The van der Waals surface area contributed by atoms with Crippen LogP contribution in [0.4, 0.5) is 0 Å². The van der Waals surface area contributed by atoms with Gasteiger partial charge < -0.3 is 10.2 Å². The highest BCUT2D eigenvalue weighted by Gasteiger charge is 2.45. The second-order valence-corrected chi connectivity index (χ2v) is 6.33. The summed E-state index contributed by atoms with van der Waals surface area (Å²) in [4.78, 5) is 2.44. The molecule has 0 heterocycles. The average Bonchev–Trinajstić information content (AvgIpc) is 3.27. The van der Waals surface area contributed by atoms with E-state index in [-0.39, 0.29) is 5.41 Å². The van der Waals surface area contributed by atoms with Gasteiger partial charge in [-0.05, 0) is 38.3 Å². The van der Waals surface area contributed by atoms with Gasteiger partial charge in [0.2, 0.25) is 0 Å². The molecule has 3 rings (SSSR count). The van der Waals surface area contributed by atoms with Crippen LogP contribution in [-0.2, 0) is 5.41 Å². The third kappa shape index (κ3) is 2.72. The summed E-state index contributed by atoms with van der Waals surface area (Å²) in [6.07, 6.45) is 4.62. The first-order valence-corrected chi connectivity index (χ1v) is 7.64. The summed E-state index contributed by atoms with van der Waals surface area (Å²) in [6, 6.07) is 14.1. The van der Waals surface area contributed by atoms with Gasteiger partial charge in [-0.15, -0.1) is 0 Å². The number of hydrogen-bond acceptors (Lipinski definition) is 3. The number of nitriles is 1. The molecule has 0 unspecified atom stereocenters. The topological polar surface area (TPSA) is 39.1 Å². The Morgan fingerprint density at radius 3 is 2.60 bits per heavy atom. The van der Waals surface area contributed by atoms with Crippen molar-refractivity contribution in [2.45, 2.75) is 43.2 Å². The van der Waals surface area contributed by atoms with Crippen LogP contribution in [0, 0.1) is 11.3 Å². The number of likely N-dealkylation sites (N-methyl/N-ethyl adjacent to an activating group) is 1. The monoisotopic (exact) mass is 269 g/mol. The number of nitrogens with zero attached hydrogens (tertiary/aromatic N) is 2. The van der Waals surface area contributed by atoms with E-state index in [1.807, 2.05) is 18.2 Å². The minimum atomic E-state index is -0.249. The van der Waals surface area contributed by atoms with Crippen molar-refractivity contribution >= 4 is 0 Å². The maximum Gasteiger partial charge on any atom is 0.0852 e. The zero-order chi connectivity index (χ0) is 14.0. The van der Waals surface area contributed by atoms with Crippen LogP contribution in [0.3, 0.4) is 0 Å². The largest absolute Gasteiger partial charge is 0.313 e. The Balaban J connectivity index is 1.46. The lowest BCUT2D eigenvalue weighted by molar-refractivity contribution is 0.216. The maximum atomic E-state index is 9.52. The number of benzene rings is 1. The van der Waals surface area contributed by atoms with Crippen molar-refractivity contribution in [2.75, 3.05) is 20.1 Å². The van der Waals surface area contributed by atoms with Gasteiger partial charge in [0, 0.05) is 25.2 Å². The molecule has 0 atom stereocenters. The molecule has 2 aliphatic carbocycles. The van der Waals surface area contributed by atoms with Crippen LogP contribution in [0.25, 0.3) is 0 Å². The summed E-state index contributed by atoms with van der Waals surface area (Å²) >= 11 is 0. The lowest BCUT2D eigenvalue weighted by Gasteiger charge is -2.43. The van der Waals surface area contributed by atoms with Crippen LogP contribution in [0.5, 0.6) is 0 Å². The molecular formula is C17H23N3. The van der Waals surface area contributed by atoms with Gasteiger partial charge in [0.1, 0.15) is 0 Å². The highest BCUT2D eigenvalue weighted by Crippen LogP contribution is 2.43. The third-order valence-corrected chi connectivity index (χ3v) is 4.80. The van der Waals surface area contributed by atoms with Crippen molar-refractivity contribution in [1.29, 1.82) is 5.26 Å². The smallest absolute Gasteiger partial charge is 0.0852 e. The van der Waals surface area contributed by atoms with Gasteiger partial charge >= 0.3 is 0 Å². The van der Waals surface area contributed by atoms with Crippen LogP contribution in [0.1, 0.15) is 31.2 Å². The minimum Gasteiger partial charge on any atom is -0.313 e. The Kier molecular flexibility index (Phi) is 3.78. The predicted molar refractivity (Wildman–Crippen MR) is 80.4 cm³/mol. The Morgan fingerprint density at radius 2 is 2.00 bits per heavy atom. The molecule has 106 valence electrons. The third-order valence-electron chi connectivity index (χ3n) is 4.80. The van der Waals surface area contributed by atoms with Crippen molar-refractivity contribution < 1.29 is 0 Å². The Hall–Kier alpha value is -1.37.